The Labute approximate surface area is 193 Å². The quantitative estimate of drug-likeness (QED) is 0.554. The lowest BCUT2D eigenvalue weighted by Crippen LogP contribution is -2.47. The molecule has 5 nitrogen and oxygen atoms in total. The summed E-state index contributed by atoms with van der Waals surface area (Å²) < 4.78 is 5.22. The van der Waals surface area contributed by atoms with E-state index in [1.807, 2.05) is 24.3 Å². The standard InChI is InChI=1S/C24H28Cl2N2O3/c1-31-21-13-7-17(8-14-21)16-28(22(29)15-25)23(18-9-11-19(26)12-10-18)24(30)27-20-5-3-2-4-6-20/h7-14,20,23H,2-6,15-16H2,1H3,(H,27,30). The third-order valence-electron chi connectivity index (χ3n) is 5.64. The highest BCUT2D eigenvalue weighted by Crippen LogP contribution is 2.27. The Balaban J connectivity index is 1.91. The number of methoxy groups -OCH3 is 1. The van der Waals surface area contributed by atoms with Gasteiger partial charge in [0.15, 0.2) is 0 Å². The largest absolute Gasteiger partial charge is 0.497 e. The average Bonchev–Trinajstić information content (AvgIpc) is 2.80. The predicted octanol–water partition coefficient (Wildman–Crippen LogP) is 5.11. The number of halogens is 2. The van der Waals surface area contributed by atoms with Crippen molar-refractivity contribution >= 4 is 35.0 Å². The molecule has 31 heavy (non-hydrogen) atoms. The molecular weight excluding hydrogens is 435 g/mol. The number of nitrogens with zero attached hydrogens (tertiary/aromatic N) is 1. The van der Waals surface area contributed by atoms with Crippen LogP contribution in [0.1, 0.15) is 49.3 Å². The summed E-state index contributed by atoms with van der Waals surface area (Å²) in [5, 5.41) is 3.74. The Morgan fingerprint density at radius 1 is 1.06 bits per heavy atom. The van der Waals surface area contributed by atoms with Crippen LogP contribution in [0, 0.1) is 0 Å². The number of alkyl halides is 1. The molecule has 1 saturated carbocycles. The SMILES string of the molecule is COc1ccc(CN(C(=O)CCl)C(C(=O)NC2CCCCC2)c2ccc(Cl)cc2)cc1. The summed E-state index contributed by atoms with van der Waals surface area (Å²) in [6, 6.07) is 13.8. The molecule has 7 heteroatoms. The van der Waals surface area contributed by atoms with E-state index in [0.29, 0.717) is 10.6 Å². The summed E-state index contributed by atoms with van der Waals surface area (Å²) in [7, 11) is 1.60. The third kappa shape index (κ3) is 6.37. The number of carbonyl (C=O) groups is 2. The van der Waals surface area contributed by atoms with Gasteiger partial charge in [0.1, 0.15) is 17.7 Å². The van der Waals surface area contributed by atoms with Gasteiger partial charge < -0.3 is 15.0 Å². The molecule has 0 radical (unpaired) electrons. The number of hydrogen-bond donors (Lipinski definition) is 1. The van der Waals surface area contributed by atoms with Crippen molar-refractivity contribution in [3.63, 3.8) is 0 Å². The maximum absolute atomic E-state index is 13.4. The molecule has 2 aromatic carbocycles. The Kier molecular flexibility index (Phi) is 8.61. The minimum atomic E-state index is -0.799. The van der Waals surface area contributed by atoms with Crippen LogP contribution in [0.2, 0.25) is 5.02 Å². The van der Waals surface area contributed by atoms with Gasteiger partial charge in [0.25, 0.3) is 0 Å². The van der Waals surface area contributed by atoms with Crippen molar-refractivity contribution in [3.8, 4) is 5.75 Å². The fourth-order valence-electron chi connectivity index (χ4n) is 3.97. The summed E-state index contributed by atoms with van der Waals surface area (Å²) in [5.41, 5.74) is 1.58. The van der Waals surface area contributed by atoms with Gasteiger partial charge in [-0.1, -0.05) is 55.1 Å². The molecule has 2 amide bonds. The molecule has 1 aliphatic rings. The van der Waals surface area contributed by atoms with Crippen LogP contribution in [0.4, 0.5) is 0 Å². The van der Waals surface area contributed by atoms with Crippen molar-refractivity contribution in [1.29, 1.82) is 0 Å². The van der Waals surface area contributed by atoms with Crippen molar-refractivity contribution in [2.24, 2.45) is 0 Å². The van der Waals surface area contributed by atoms with E-state index in [2.05, 4.69) is 5.32 Å². The van der Waals surface area contributed by atoms with Gasteiger partial charge in [-0.05, 0) is 48.2 Å². The van der Waals surface area contributed by atoms with Crippen molar-refractivity contribution < 1.29 is 14.3 Å². The zero-order chi connectivity index (χ0) is 22.2. The summed E-state index contributed by atoms with van der Waals surface area (Å²) in [6.07, 6.45) is 5.32. The maximum atomic E-state index is 13.4. The van der Waals surface area contributed by atoms with Gasteiger partial charge >= 0.3 is 0 Å². The number of rotatable bonds is 8. The van der Waals surface area contributed by atoms with Crippen LogP contribution < -0.4 is 10.1 Å². The zero-order valence-corrected chi connectivity index (χ0v) is 19.2. The maximum Gasteiger partial charge on any atom is 0.247 e. The molecule has 1 unspecified atom stereocenters. The molecule has 166 valence electrons. The van der Waals surface area contributed by atoms with Crippen LogP contribution in [-0.2, 0) is 16.1 Å². The second-order valence-electron chi connectivity index (χ2n) is 7.80. The molecule has 3 rings (SSSR count). The highest BCUT2D eigenvalue weighted by atomic mass is 35.5. The van der Waals surface area contributed by atoms with Gasteiger partial charge in [-0.15, -0.1) is 11.6 Å². The third-order valence-corrected chi connectivity index (χ3v) is 6.12. The first kappa shape index (κ1) is 23.4. The first-order valence-electron chi connectivity index (χ1n) is 10.6. The second kappa shape index (κ2) is 11.4. The van der Waals surface area contributed by atoms with Crippen LogP contribution in [-0.4, -0.2) is 35.7 Å². The number of nitrogens with one attached hydrogen (secondary N) is 1. The number of carbonyl (C=O) groups excluding carboxylic acids is 2. The Morgan fingerprint density at radius 2 is 1.71 bits per heavy atom. The minimum Gasteiger partial charge on any atom is -0.497 e. The van der Waals surface area contributed by atoms with Crippen molar-refractivity contribution in [1.82, 2.24) is 10.2 Å². The molecule has 0 aromatic heterocycles. The lowest BCUT2D eigenvalue weighted by molar-refractivity contribution is -0.140. The van der Waals surface area contributed by atoms with Crippen molar-refractivity contribution in [2.75, 3.05) is 13.0 Å². The van der Waals surface area contributed by atoms with Gasteiger partial charge in [-0.25, -0.2) is 0 Å². The lowest BCUT2D eigenvalue weighted by Gasteiger charge is -2.33. The van der Waals surface area contributed by atoms with E-state index in [-0.39, 0.29) is 30.3 Å². The summed E-state index contributed by atoms with van der Waals surface area (Å²) in [4.78, 5) is 27.9. The van der Waals surface area contributed by atoms with Gasteiger partial charge in [0.05, 0.1) is 7.11 Å². The van der Waals surface area contributed by atoms with E-state index in [4.69, 9.17) is 27.9 Å². The van der Waals surface area contributed by atoms with Gasteiger partial charge in [0, 0.05) is 17.6 Å². The summed E-state index contributed by atoms with van der Waals surface area (Å²) >= 11 is 12.0. The van der Waals surface area contributed by atoms with Gasteiger partial charge in [-0.3, -0.25) is 9.59 Å². The first-order valence-corrected chi connectivity index (χ1v) is 11.5. The molecule has 2 aromatic rings. The van der Waals surface area contributed by atoms with E-state index in [1.165, 1.54) is 11.3 Å². The average molecular weight is 463 g/mol. The highest BCUT2D eigenvalue weighted by molar-refractivity contribution is 6.30. The van der Waals surface area contributed by atoms with E-state index in [0.717, 1.165) is 37.0 Å². The minimum absolute atomic E-state index is 0.130. The number of ether oxygens (including phenoxy) is 1. The van der Waals surface area contributed by atoms with E-state index < -0.39 is 6.04 Å². The molecule has 0 aliphatic heterocycles. The Bertz CT molecular complexity index is 865. The second-order valence-corrected chi connectivity index (χ2v) is 8.50. The normalized spacial score (nSPS) is 15.2. The summed E-state index contributed by atoms with van der Waals surface area (Å²) in [6.45, 7) is 0.251. The summed E-state index contributed by atoms with van der Waals surface area (Å²) in [5.74, 6) is 0.0115. The molecule has 0 heterocycles. The lowest BCUT2D eigenvalue weighted by atomic mass is 9.94. The van der Waals surface area contributed by atoms with Crippen molar-refractivity contribution in [3.05, 3.63) is 64.7 Å². The van der Waals surface area contributed by atoms with Crippen LogP contribution in [0.3, 0.4) is 0 Å². The molecule has 0 bridgehead atoms. The number of amides is 2. The van der Waals surface area contributed by atoms with Crippen LogP contribution in [0.5, 0.6) is 5.75 Å². The molecule has 1 fully saturated rings. The van der Waals surface area contributed by atoms with Gasteiger partial charge in [-0.2, -0.15) is 0 Å². The Morgan fingerprint density at radius 3 is 2.29 bits per heavy atom. The molecule has 0 spiro atoms. The molecular formula is C24H28Cl2N2O3. The van der Waals surface area contributed by atoms with E-state index in [9.17, 15) is 9.59 Å². The molecule has 1 N–H and O–H groups in total. The Hall–Kier alpha value is -2.24. The van der Waals surface area contributed by atoms with Crippen LogP contribution in [0.15, 0.2) is 48.5 Å². The number of hydrogen-bond acceptors (Lipinski definition) is 3. The fourth-order valence-corrected chi connectivity index (χ4v) is 4.25. The smallest absolute Gasteiger partial charge is 0.247 e. The zero-order valence-electron chi connectivity index (χ0n) is 17.7. The highest BCUT2D eigenvalue weighted by Gasteiger charge is 2.32. The topological polar surface area (TPSA) is 58.6 Å². The molecule has 0 saturated heterocycles. The molecule has 1 atom stereocenters. The van der Waals surface area contributed by atoms with Crippen LogP contribution in [0.25, 0.3) is 0 Å². The van der Waals surface area contributed by atoms with E-state index >= 15 is 0 Å². The first-order chi connectivity index (χ1) is 15.0. The predicted molar refractivity (Wildman–Crippen MR) is 123 cm³/mol. The molecule has 1 aliphatic carbocycles. The fraction of sp³-hybridized carbons (Fsp3) is 0.417. The number of benzene rings is 2. The van der Waals surface area contributed by atoms with Crippen molar-refractivity contribution in [2.45, 2.75) is 50.7 Å². The van der Waals surface area contributed by atoms with E-state index in [1.54, 1.807) is 31.4 Å². The monoisotopic (exact) mass is 462 g/mol. The van der Waals surface area contributed by atoms with Gasteiger partial charge in [0.2, 0.25) is 11.8 Å². The van der Waals surface area contributed by atoms with Crippen LogP contribution >= 0.6 is 23.2 Å².